The minimum absolute atomic E-state index is 0.328. The van der Waals surface area contributed by atoms with Crippen molar-refractivity contribution in [2.45, 2.75) is 25.3 Å². The second-order valence-corrected chi connectivity index (χ2v) is 8.04. The van der Waals surface area contributed by atoms with Gasteiger partial charge in [-0.3, -0.25) is 9.69 Å². The van der Waals surface area contributed by atoms with Gasteiger partial charge in [-0.2, -0.15) is 0 Å². The van der Waals surface area contributed by atoms with Crippen LogP contribution in [0.4, 0.5) is 4.79 Å². The zero-order chi connectivity index (χ0) is 22.4. The lowest BCUT2D eigenvalue weighted by molar-refractivity contribution is -0.167. The van der Waals surface area contributed by atoms with Gasteiger partial charge in [0.15, 0.2) is 6.04 Å². The molecule has 3 amide bonds. The monoisotopic (exact) mass is 429 g/mol. The lowest BCUT2D eigenvalue weighted by atomic mass is 9.83. The molecule has 0 aliphatic carbocycles. The van der Waals surface area contributed by atoms with Crippen LogP contribution in [0.1, 0.15) is 18.4 Å². The molecule has 0 saturated carbocycles. The molecule has 0 radical (unpaired) electrons. The topological polar surface area (TPSA) is 119 Å². The van der Waals surface area contributed by atoms with Crippen molar-refractivity contribution in [3.63, 3.8) is 0 Å². The third kappa shape index (κ3) is 5.55. The Morgan fingerprint density at radius 1 is 1.16 bits per heavy atom. The Morgan fingerprint density at radius 2 is 1.84 bits per heavy atom. The number of amides is 3. The number of rotatable bonds is 9. The summed E-state index contributed by atoms with van der Waals surface area (Å²) in [5.74, 6) is -1.90. The summed E-state index contributed by atoms with van der Waals surface area (Å²) < 4.78 is 0. The third-order valence-electron chi connectivity index (χ3n) is 5.92. The van der Waals surface area contributed by atoms with E-state index in [1.807, 2.05) is 18.2 Å². The normalized spacial score (nSPS) is 21.5. The van der Waals surface area contributed by atoms with E-state index in [9.17, 15) is 19.5 Å². The fourth-order valence-electron chi connectivity index (χ4n) is 4.14. The van der Waals surface area contributed by atoms with E-state index in [0.717, 1.165) is 17.9 Å². The number of hydrogen-bond donors (Lipinski definition) is 3. The predicted molar refractivity (Wildman–Crippen MR) is 116 cm³/mol. The van der Waals surface area contributed by atoms with Crippen molar-refractivity contribution >= 4 is 17.9 Å². The van der Waals surface area contributed by atoms with Gasteiger partial charge in [-0.15, -0.1) is 0 Å². The van der Waals surface area contributed by atoms with E-state index in [2.05, 4.69) is 28.9 Å². The number of piperazine rings is 1. The Balaban J connectivity index is 1.47. The first kappa shape index (κ1) is 22.6. The summed E-state index contributed by atoms with van der Waals surface area (Å²) >= 11 is 0. The third-order valence-corrected chi connectivity index (χ3v) is 5.92. The van der Waals surface area contributed by atoms with Crippen LogP contribution in [0.3, 0.4) is 0 Å². The zero-order valence-electron chi connectivity index (χ0n) is 17.7. The smallest absolute Gasteiger partial charge is 0.327 e. The summed E-state index contributed by atoms with van der Waals surface area (Å²) in [4.78, 5) is 41.9. The molecule has 2 atom stereocenters. The number of nitrogens with two attached hydrogens (primary N) is 1. The Hall–Kier alpha value is -3.07. The molecule has 168 valence electrons. The molecule has 4 N–H and O–H groups in total. The summed E-state index contributed by atoms with van der Waals surface area (Å²) in [6.45, 7) is 7.31. The molecular weight excluding hydrogens is 398 g/mol. The van der Waals surface area contributed by atoms with Crippen molar-refractivity contribution in [1.82, 2.24) is 20.0 Å². The number of nitrogens with one attached hydrogen (secondary N) is 1. The van der Waals surface area contributed by atoms with E-state index in [1.165, 1.54) is 5.56 Å². The lowest BCUT2D eigenvalue weighted by Gasteiger charge is -2.46. The van der Waals surface area contributed by atoms with E-state index < -0.39 is 29.9 Å². The van der Waals surface area contributed by atoms with E-state index in [-0.39, 0.29) is 0 Å². The van der Waals surface area contributed by atoms with Gasteiger partial charge in [0, 0.05) is 39.3 Å². The molecule has 2 heterocycles. The molecule has 3 rings (SSSR count). The summed E-state index contributed by atoms with van der Waals surface area (Å²) in [7, 11) is 0. The molecule has 0 spiro atoms. The first-order valence-electron chi connectivity index (χ1n) is 10.7. The number of β-lactam (4-membered cyclic amide) rings is 1. The highest BCUT2D eigenvalue weighted by Crippen LogP contribution is 2.32. The quantitative estimate of drug-likeness (QED) is 0.390. The molecule has 9 heteroatoms. The molecule has 1 aromatic carbocycles. The Labute approximate surface area is 182 Å². The number of carbonyl (C=O) groups excluding carboxylic acids is 2. The van der Waals surface area contributed by atoms with Crippen LogP contribution in [0, 0.1) is 5.92 Å². The Kier molecular flexibility index (Phi) is 7.51. The van der Waals surface area contributed by atoms with Gasteiger partial charge < -0.3 is 21.1 Å². The van der Waals surface area contributed by atoms with E-state index in [1.54, 1.807) is 4.90 Å². The number of carboxylic acid groups (broad SMARTS) is 1. The number of likely N-dealkylation sites (tertiary alicyclic amines) is 1. The number of hydrogen-bond acceptors (Lipinski definition) is 6. The summed E-state index contributed by atoms with van der Waals surface area (Å²) in [5, 5.41) is 12.4. The minimum atomic E-state index is -1.14. The first-order chi connectivity index (χ1) is 14.9. The largest absolute Gasteiger partial charge is 0.480 e. The van der Waals surface area contributed by atoms with Gasteiger partial charge in [-0.05, 0) is 24.8 Å². The highest BCUT2D eigenvalue weighted by Gasteiger charge is 2.55. The molecule has 1 aromatic rings. The molecule has 2 aliphatic heterocycles. The van der Waals surface area contributed by atoms with Crippen molar-refractivity contribution in [3.8, 4) is 0 Å². The van der Waals surface area contributed by atoms with Gasteiger partial charge in [-0.1, -0.05) is 36.9 Å². The predicted octanol–water partition coefficient (Wildman–Crippen LogP) is 0.678. The van der Waals surface area contributed by atoms with Crippen LogP contribution in [0.15, 0.2) is 42.7 Å². The zero-order valence-corrected chi connectivity index (χ0v) is 17.7. The van der Waals surface area contributed by atoms with Crippen LogP contribution in [-0.2, 0) is 16.0 Å². The number of urea groups is 1. The van der Waals surface area contributed by atoms with Crippen molar-refractivity contribution in [2.75, 3.05) is 39.3 Å². The molecular formula is C22H31N5O4. The van der Waals surface area contributed by atoms with Gasteiger partial charge in [0.25, 0.3) is 0 Å². The van der Waals surface area contributed by atoms with Crippen LogP contribution in [-0.4, -0.2) is 83.0 Å². The molecule has 2 fully saturated rings. The second kappa shape index (κ2) is 10.3. The number of carboxylic acids is 1. The van der Waals surface area contributed by atoms with E-state index in [4.69, 9.17) is 5.73 Å². The average Bonchev–Trinajstić information content (AvgIpc) is 2.76. The van der Waals surface area contributed by atoms with Crippen molar-refractivity contribution < 1.29 is 19.5 Å². The fraction of sp³-hybridized carbons (Fsp3) is 0.500. The second-order valence-electron chi connectivity index (χ2n) is 8.04. The van der Waals surface area contributed by atoms with Crippen LogP contribution in [0.5, 0.6) is 0 Å². The van der Waals surface area contributed by atoms with Gasteiger partial charge in [0.2, 0.25) is 5.91 Å². The fourth-order valence-corrected chi connectivity index (χ4v) is 4.14. The van der Waals surface area contributed by atoms with E-state index in [0.29, 0.717) is 51.4 Å². The van der Waals surface area contributed by atoms with Crippen molar-refractivity contribution in [2.24, 2.45) is 11.7 Å². The maximum absolute atomic E-state index is 12.9. The maximum Gasteiger partial charge on any atom is 0.327 e. The molecule has 1 unspecified atom stereocenters. The average molecular weight is 430 g/mol. The molecule has 0 bridgehead atoms. The lowest BCUT2D eigenvalue weighted by Crippen LogP contribution is -2.69. The molecule has 2 saturated heterocycles. The van der Waals surface area contributed by atoms with Crippen LogP contribution in [0.2, 0.25) is 0 Å². The SMILES string of the molecule is C=C(N)NCCC[C@H]1C(=O)N(C(=O)N2CCN(CCc3ccccc3)CC2)C1C(=O)O. The van der Waals surface area contributed by atoms with Gasteiger partial charge in [0.1, 0.15) is 0 Å². The highest BCUT2D eigenvalue weighted by molar-refractivity contribution is 6.07. The Morgan fingerprint density at radius 3 is 2.45 bits per heavy atom. The maximum atomic E-state index is 12.9. The molecule has 31 heavy (non-hydrogen) atoms. The summed E-state index contributed by atoms with van der Waals surface area (Å²) in [5.41, 5.74) is 6.70. The van der Waals surface area contributed by atoms with Gasteiger partial charge in [0.05, 0.1) is 11.7 Å². The number of benzene rings is 1. The number of aliphatic carboxylic acids is 1. The van der Waals surface area contributed by atoms with Crippen LogP contribution in [0.25, 0.3) is 0 Å². The first-order valence-corrected chi connectivity index (χ1v) is 10.7. The standard InChI is InChI=1S/C22H31N5O4/c1-16(23)24-10-5-8-18-19(21(29)30)27(20(18)28)22(31)26-14-12-25(13-15-26)11-9-17-6-3-2-4-7-17/h2-4,6-7,18-19,24H,1,5,8-15,23H2,(H,29,30)/t18-,19?/m1/s1. The van der Waals surface area contributed by atoms with Gasteiger partial charge >= 0.3 is 12.0 Å². The van der Waals surface area contributed by atoms with Gasteiger partial charge in [-0.25, -0.2) is 14.5 Å². The molecule has 2 aliphatic rings. The molecule has 9 nitrogen and oxygen atoms in total. The van der Waals surface area contributed by atoms with Crippen molar-refractivity contribution in [3.05, 3.63) is 48.3 Å². The van der Waals surface area contributed by atoms with Crippen LogP contribution < -0.4 is 11.1 Å². The number of carbonyl (C=O) groups is 3. The summed E-state index contributed by atoms with van der Waals surface area (Å²) in [6.07, 6.45) is 1.89. The van der Waals surface area contributed by atoms with Crippen molar-refractivity contribution in [1.29, 1.82) is 0 Å². The van der Waals surface area contributed by atoms with E-state index >= 15 is 0 Å². The number of imide groups is 1. The highest BCUT2D eigenvalue weighted by atomic mass is 16.4. The summed E-state index contributed by atoms with van der Waals surface area (Å²) in [6, 6.07) is 8.64. The number of nitrogens with zero attached hydrogens (tertiary/aromatic N) is 3. The minimum Gasteiger partial charge on any atom is -0.480 e. The Bertz CT molecular complexity index is 807. The molecule has 0 aromatic heterocycles. The van der Waals surface area contributed by atoms with Crippen LogP contribution >= 0.6 is 0 Å².